The zero-order valence-corrected chi connectivity index (χ0v) is 11.0. The van der Waals surface area contributed by atoms with E-state index in [-0.39, 0.29) is 5.91 Å². The minimum absolute atomic E-state index is 0.224. The maximum absolute atomic E-state index is 12.1. The first kappa shape index (κ1) is 12.6. The summed E-state index contributed by atoms with van der Waals surface area (Å²) in [6.07, 6.45) is 3.65. The Morgan fingerprint density at radius 2 is 2.05 bits per heavy atom. The number of aryl methyl sites for hydroxylation is 1. The largest absolute Gasteiger partial charge is 0.340 e. The molecule has 7 nitrogen and oxygen atoms in total. The van der Waals surface area contributed by atoms with Gasteiger partial charge in [0.25, 0.3) is 0 Å². The number of hydrogen-bond donors (Lipinski definition) is 1. The predicted octanol–water partition coefficient (Wildman–Crippen LogP) is -1.22. The van der Waals surface area contributed by atoms with Gasteiger partial charge in [-0.05, 0) is 0 Å². The highest BCUT2D eigenvalue weighted by Crippen LogP contribution is 2.10. The normalized spacial score (nSPS) is 21.4. The van der Waals surface area contributed by atoms with Crippen LogP contribution in [-0.4, -0.2) is 75.8 Å². The van der Waals surface area contributed by atoms with Gasteiger partial charge >= 0.3 is 0 Å². The summed E-state index contributed by atoms with van der Waals surface area (Å²) < 4.78 is 1.70. The van der Waals surface area contributed by atoms with E-state index in [1.807, 2.05) is 4.90 Å². The van der Waals surface area contributed by atoms with Crippen molar-refractivity contribution in [2.24, 2.45) is 0 Å². The molecule has 2 aliphatic heterocycles. The molecule has 2 saturated heterocycles. The molecule has 0 spiro atoms. The Morgan fingerprint density at radius 3 is 2.63 bits per heavy atom. The molecule has 1 N–H and O–H groups in total. The van der Waals surface area contributed by atoms with Crippen molar-refractivity contribution in [2.45, 2.75) is 19.0 Å². The lowest BCUT2D eigenvalue weighted by molar-refractivity contribution is -0.133. The molecule has 0 bridgehead atoms. The fraction of sp³-hybridized carbons (Fsp3) is 0.750. The number of amides is 1. The van der Waals surface area contributed by atoms with E-state index in [0.717, 1.165) is 39.3 Å². The van der Waals surface area contributed by atoms with E-state index in [4.69, 9.17) is 0 Å². The van der Waals surface area contributed by atoms with Gasteiger partial charge in [-0.2, -0.15) is 5.10 Å². The van der Waals surface area contributed by atoms with Crippen LogP contribution in [0.1, 0.15) is 6.42 Å². The van der Waals surface area contributed by atoms with Crippen LogP contribution in [0.4, 0.5) is 0 Å². The van der Waals surface area contributed by atoms with Gasteiger partial charge in [0.2, 0.25) is 5.91 Å². The van der Waals surface area contributed by atoms with Gasteiger partial charge in [0.05, 0.1) is 6.54 Å². The van der Waals surface area contributed by atoms with Crippen LogP contribution < -0.4 is 5.32 Å². The predicted molar refractivity (Wildman–Crippen MR) is 69.4 cm³/mol. The van der Waals surface area contributed by atoms with Crippen molar-refractivity contribution in [1.29, 1.82) is 0 Å². The highest BCUT2D eigenvalue weighted by molar-refractivity contribution is 5.76. The van der Waals surface area contributed by atoms with E-state index in [0.29, 0.717) is 19.0 Å². The van der Waals surface area contributed by atoms with Gasteiger partial charge in [0.1, 0.15) is 12.7 Å². The fourth-order valence-corrected chi connectivity index (χ4v) is 2.58. The molecule has 0 saturated carbocycles. The average Bonchev–Trinajstić information content (AvgIpc) is 2.88. The zero-order chi connectivity index (χ0) is 13.1. The third-order valence-electron chi connectivity index (χ3n) is 3.96. The Hall–Kier alpha value is -1.47. The van der Waals surface area contributed by atoms with Crippen LogP contribution in [0.2, 0.25) is 0 Å². The Bertz CT molecular complexity index is 408. The summed E-state index contributed by atoms with van der Waals surface area (Å²) in [5.41, 5.74) is 0. The van der Waals surface area contributed by atoms with Crippen molar-refractivity contribution >= 4 is 5.91 Å². The van der Waals surface area contributed by atoms with Crippen LogP contribution in [-0.2, 0) is 11.3 Å². The molecule has 3 heterocycles. The summed E-state index contributed by atoms with van der Waals surface area (Å²) in [5, 5.41) is 7.30. The molecule has 2 aliphatic rings. The molecule has 7 heteroatoms. The van der Waals surface area contributed by atoms with Crippen molar-refractivity contribution in [3.8, 4) is 0 Å². The third kappa shape index (κ3) is 2.93. The van der Waals surface area contributed by atoms with Crippen LogP contribution in [0.3, 0.4) is 0 Å². The lowest BCUT2D eigenvalue weighted by Gasteiger charge is -2.43. The first-order valence-electron chi connectivity index (χ1n) is 6.88. The van der Waals surface area contributed by atoms with Crippen molar-refractivity contribution in [3.05, 3.63) is 12.7 Å². The minimum Gasteiger partial charge on any atom is -0.340 e. The summed E-state index contributed by atoms with van der Waals surface area (Å²) in [6.45, 7) is 6.52. The van der Waals surface area contributed by atoms with E-state index in [9.17, 15) is 4.79 Å². The van der Waals surface area contributed by atoms with Crippen LogP contribution in [0.15, 0.2) is 12.7 Å². The Morgan fingerprint density at radius 1 is 1.26 bits per heavy atom. The van der Waals surface area contributed by atoms with Gasteiger partial charge in [-0.3, -0.25) is 14.4 Å². The van der Waals surface area contributed by atoms with E-state index >= 15 is 0 Å². The highest BCUT2D eigenvalue weighted by atomic mass is 16.2. The fourth-order valence-electron chi connectivity index (χ4n) is 2.58. The number of nitrogens with zero attached hydrogens (tertiary/aromatic N) is 5. The second kappa shape index (κ2) is 5.66. The van der Waals surface area contributed by atoms with Crippen molar-refractivity contribution in [3.63, 3.8) is 0 Å². The Kier molecular flexibility index (Phi) is 3.74. The van der Waals surface area contributed by atoms with Crippen molar-refractivity contribution in [2.75, 3.05) is 39.3 Å². The van der Waals surface area contributed by atoms with Crippen molar-refractivity contribution in [1.82, 2.24) is 29.9 Å². The second-order valence-corrected chi connectivity index (χ2v) is 5.14. The molecule has 1 aromatic rings. The maximum Gasteiger partial charge on any atom is 0.224 e. The number of piperazine rings is 1. The van der Waals surface area contributed by atoms with Crippen LogP contribution in [0, 0.1) is 0 Å². The first-order valence-corrected chi connectivity index (χ1v) is 6.88. The second-order valence-electron chi connectivity index (χ2n) is 5.14. The SMILES string of the molecule is O=C(CCn1cncn1)N1CCN(C2CNC2)CC1. The molecule has 1 amide bonds. The summed E-state index contributed by atoms with van der Waals surface area (Å²) in [6, 6.07) is 0.687. The number of nitrogens with one attached hydrogen (secondary N) is 1. The quantitative estimate of drug-likeness (QED) is 0.739. The minimum atomic E-state index is 0.224. The molecule has 2 fully saturated rings. The topological polar surface area (TPSA) is 66.3 Å². The summed E-state index contributed by atoms with van der Waals surface area (Å²) in [4.78, 5) is 20.4. The number of rotatable bonds is 4. The molecule has 0 aliphatic carbocycles. The Balaban J connectivity index is 1.41. The monoisotopic (exact) mass is 264 g/mol. The number of carbonyl (C=O) groups excluding carboxylic acids is 1. The van der Waals surface area contributed by atoms with E-state index in [1.165, 1.54) is 6.33 Å². The standard InChI is InChI=1S/C12H20N6O/c19-12(1-2-18-10-14-9-15-18)17-5-3-16(4-6-17)11-7-13-8-11/h9-11,13H,1-8H2. The third-order valence-corrected chi connectivity index (χ3v) is 3.96. The van der Waals surface area contributed by atoms with Gasteiger partial charge in [-0.15, -0.1) is 0 Å². The van der Waals surface area contributed by atoms with Crippen LogP contribution in [0.25, 0.3) is 0 Å². The molecule has 0 atom stereocenters. The van der Waals surface area contributed by atoms with Gasteiger partial charge in [-0.1, -0.05) is 0 Å². The number of hydrogen-bond acceptors (Lipinski definition) is 5. The molecule has 0 radical (unpaired) electrons. The average molecular weight is 264 g/mol. The van der Waals surface area contributed by atoms with Gasteiger partial charge in [0, 0.05) is 51.7 Å². The molecule has 104 valence electrons. The highest BCUT2D eigenvalue weighted by Gasteiger charge is 2.28. The summed E-state index contributed by atoms with van der Waals surface area (Å²) >= 11 is 0. The first-order chi connectivity index (χ1) is 9.33. The Labute approximate surface area is 112 Å². The lowest BCUT2D eigenvalue weighted by Crippen LogP contribution is -2.62. The number of aromatic nitrogens is 3. The van der Waals surface area contributed by atoms with Gasteiger partial charge < -0.3 is 10.2 Å². The molecule has 0 aromatic carbocycles. The van der Waals surface area contributed by atoms with E-state index < -0.39 is 0 Å². The molecular formula is C12H20N6O. The lowest BCUT2D eigenvalue weighted by atomic mass is 10.1. The summed E-state index contributed by atoms with van der Waals surface area (Å²) in [5.74, 6) is 0.224. The molecule has 3 rings (SSSR count). The van der Waals surface area contributed by atoms with E-state index in [2.05, 4.69) is 20.3 Å². The van der Waals surface area contributed by atoms with Crippen LogP contribution in [0.5, 0.6) is 0 Å². The summed E-state index contributed by atoms with van der Waals surface area (Å²) in [7, 11) is 0. The zero-order valence-electron chi connectivity index (χ0n) is 11.0. The smallest absolute Gasteiger partial charge is 0.224 e. The van der Waals surface area contributed by atoms with Gasteiger partial charge in [0.15, 0.2) is 0 Å². The van der Waals surface area contributed by atoms with Crippen LogP contribution >= 0.6 is 0 Å². The van der Waals surface area contributed by atoms with Gasteiger partial charge in [-0.25, -0.2) is 4.98 Å². The molecular weight excluding hydrogens is 244 g/mol. The maximum atomic E-state index is 12.1. The number of carbonyl (C=O) groups is 1. The van der Waals surface area contributed by atoms with Crippen molar-refractivity contribution < 1.29 is 4.79 Å². The molecule has 0 unspecified atom stereocenters. The van der Waals surface area contributed by atoms with E-state index in [1.54, 1.807) is 11.0 Å². The molecule has 19 heavy (non-hydrogen) atoms. The molecule has 1 aromatic heterocycles.